The van der Waals surface area contributed by atoms with E-state index in [2.05, 4.69) is 4.98 Å². The fourth-order valence-corrected chi connectivity index (χ4v) is 2.00. The van der Waals surface area contributed by atoms with Crippen LogP contribution in [0.3, 0.4) is 0 Å². The van der Waals surface area contributed by atoms with E-state index in [1.165, 1.54) is 6.07 Å². The number of H-pyrrole nitrogens is 1. The minimum atomic E-state index is -0.765. The smallest absolute Gasteiger partial charge is 0.147 e. The number of fused-ring (bicyclic) bond motifs is 1. The predicted molar refractivity (Wildman–Crippen MR) is 56.1 cm³/mol. The van der Waals surface area contributed by atoms with Crippen molar-refractivity contribution in [3.05, 3.63) is 35.3 Å². The maximum absolute atomic E-state index is 13.7. The van der Waals surface area contributed by atoms with Gasteiger partial charge in [-0.25, -0.2) is 4.39 Å². The first-order chi connectivity index (χ1) is 7.10. The van der Waals surface area contributed by atoms with E-state index >= 15 is 0 Å². The summed E-state index contributed by atoms with van der Waals surface area (Å²) in [5, 5.41) is 10.8. The summed E-state index contributed by atoms with van der Waals surface area (Å²) in [4.78, 5) is 2.90. The molecule has 1 fully saturated rings. The zero-order chi connectivity index (χ0) is 10.6. The molecule has 0 saturated heterocycles. The van der Waals surface area contributed by atoms with Crippen molar-refractivity contribution in [1.29, 1.82) is 0 Å². The van der Waals surface area contributed by atoms with Crippen molar-refractivity contribution in [3.8, 4) is 0 Å². The molecular weight excluding hydrogens is 193 g/mol. The van der Waals surface area contributed by atoms with Gasteiger partial charge in [0.1, 0.15) is 5.82 Å². The number of aromatic nitrogens is 1. The van der Waals surface area contributed by atoms with Crippen LogP contribution < -0.4 is 0 Å². The van der Waals surface area contributed by atoms with E-state index < -0.39 is 5.60 Å². The molecule has 0 atom stereocenters. The lowest BCUT2D eigenvalue weighted by Crippen LogP contribution is -2.04. The average Bonchev–Trinajstić information content (AvgIpc) is 2.84. The SMILES string of the molecule is Cc1c[nH]c2c(F)cc(C3(O)CC3)cc12. The summed E-state index contributed by atoms with van der Waals surface area (Å²) in [5.74, 6) is -0.282. The van der Waals surface area contributed by atoms with Crippen LogP contribution >= 0.6 is 0 Å². The summed E-state index contributed by atoms with van der Waals surface area (Å²) in [6, 6.07) is 3.32. The maximum atomic E-state index is 13.7. The van der Waals surface area contributed by atoms with E-state index in [0.29, 0.717) is 11.1 Å². The molecule has 1 heterocycles. The summed E-state index contributed by atoms with van der Waals surface area (Å²) in [6.07, 6.45) is 3.26. The molecule has 0 radical (unpaired) electrons. The van der Waals surface area contributed by atoms with Gasteiger partial charge in [0.25, 0.3) is 0 Å². The number of aryl methyl sites for hydroxylation is 1. The van der Waals surface area contributed by atoms with Crippen molar-refractivity contribution in [3.63, 3.8) is 0 Å². The molecule has 1 aromatic heterocycles. The highest BCUT2D eigenvalue weighted by molar-refractivity contribution is 5.84. The van der Waals surface area contributed by atoms with Crippen molar-refractivity contribution in [2.45, 2.75) is 25.4 Å². The Morgan fingerprint density at radius 3 is 2.80 bits per heavy atom. The molecule has 1 saturated carbocycles. The first kappa shape index (κ1) is 8.92. The largest absolute Gasteiger partial charge is 0.385 e. The Balaban J connectivity index is 2.30. The third kappa shape index (κ3) is 1.20. The van der Waals surface area contributed by atoms with Gasteiger partial charge in [0, 0.05) is 11.6 Å². The Morgan fingerprint density at radius 2 is 2.13 bits per heavy atom. The second-order valence-corrected chi connectivity index (χ2v) is 4.38. The second-order valence-electron chi connectivity index (χ2n) is 4.38. The van der Waals surface area contributed by atoms with Crippen LogP contribution in [0.15, 0.2) is 18.3 Å². The van der Waals surface area contributed by atoms with Gasteiger partial charge >= 0.3 is 0 Å². The Labute approximate surface area is 86.7 Å². The molecule has 2 nitrogen and oxygen atoms in total. The van der Waals surface area contributed by atoms with Crippen LogP contribution in [0.25, 0.3) is 10.9 Å². The Hall–Kier alpha value is -1.35. The molecule has 1 aliphatic carbocycles. The molecule has 2 aromatic rings. The van der Waals surface area contributed by atoms with Gasteiger partial charge < -0.3 is 10.1 Å². The molecule has 1 aromatic carbocycles. The summed E-state index contributed by atoms with van der Waals surface area (Å²) in [5.41, 5.74) is 1.48. The van der Waals surface area contributed by atoms with Gasteiger partial charge in [-0.15, -0.1) is 0 Å². The first-order valence-corrected chi connectivity index (χ1v) is 5.10. The van der Waals surface area contributed by atoms with Crippen LogP contribution in [0.2, 0.25) is 0 Å². The van der Waals surface area contributed by atoms with E-state index in [4.69, 9.17) is 0 Å². The topological polar surface area (TPSA) is 36.0 Å². The zero-order valence-electron chi connectivity index (χ0n) is 8.47. The van der Waals surface area contributed by atoms with Crippen LogP contribution in [0.1, 0.15) is 24.0 Å². The lowest BCUT2D eigenvalue weighted by Gasteiger charge is -2.08. The number of halogens is 1. The van der Waals surface area contributed by atoms with Crippen LogP contribution in [0.4, 0.5) is 4.39 Å². The fraction of sp³-hybridized carbons (Fsp3) is 0.333. The number of benzene rings is 1. The molecule has 0 bridgehead atoms. The van der Waals surface area contributed by atoms with Crippen LogP contribution in [0.5, 0.6) is 0 Å². The number of aromatic amines is 1. The molecule has 1 aliphatic rings. The molecule has 0 amide bonds. The van der Waals surface area contributed by atoms with E-state index in [9.17, 15) is 9.50 Å². The summed E-state index contributed by atoms with van der Waals surface area (Å²) >= 11 is 0. The summed E-state index contributed by atoms with van der Waals surface area (Å²) < 4.78 is 13.7. The van der Waals surface area contributed by atoms with Gasteiger partial charge in [-0.2, -0.15) is 0 Å². The molecule has 78 valence electrons. The Morgan fingerprint density at radius 1 is 1.40 bits per heavy atom. The van der Waals surface area contributed by atoms with Crippen molar-refractivity contribution < 1.29 is 9.50 Å². The minimum absolute atomic E-state index is 0.282. The van der Waals surface area contributed by atoms with E-state index in [-0.39, 0.29) is 5.82 Å². The third-order valence-electron chi connectivity index (χ3n) is 3.21. The molecule has 3 rings (SSSR count). The van der Waals surface area contributed by atoms with Crippen LogP contribution in [-0.2, 0) is 5.60 Å². The van der Waals surface area contributed by atoms with Crippen LogP contribution in [0, 0.1) is 12.7 Å². The molecule has 0 spiro atoms. The van der Waals surface area contributed by atoms with Gasteiger partial charge in [-0.1, -0.05) is 0 Å². The number of hydrogen-bond acceptors (Lipinski definition) is 1. The van der Waals surface area contributed by atoms with Gasteiger partial charge in [-0.3, -0.25) is 0 Å². The zero-order valence-corrected chi connectivity index (χ0v) is 8.47. The number of rotatable bonds is 1. The second kappa shape index (κ2) is 2.61. The van der Waals surface area contributed by atoms with E-state index in [0.717, 1.165) is 23.8 Å². The number of hydrogen-bond donors (Lipinski definition) is 2. The average molecular weight is 205 g/mol. The summed E-state index contributed by atoms with van der Waals surface area (Å²) in [7, 11) is 0. The lowest BCUT2D eigenvalue weighted by atomic mass is 10.0. The third-order valence-corrected chi connectivity index (χ3v) is 3.21. The highest BCUT2D eigenvalue weighted by atomic mass is 19.1. The standard InChI is InChI=1S/C12H12FNO/c1-7-6-14-11-9(7)4-8(5-10(11)13)12(15)2-3-12/h4-6,14-15H,2-3H2,1H3. The molecule has 0 unspecified atom stereocenters. The molecule has 15 heavy (non-hydrogen) atoms. The fourth-order valence-electron chi connectivity index (χ4n) is 2.00. The van der Waals surface area contributed by atoms with Crippen molar-refractivity contribution in [2.24, 2.45) is 0 Å². The molecular formula is C12H12FNO. The van der Waals surface area contributed by atoms with E-state index in [1.807, 2.05) is 13.0 Å². The van der Waals surface area contributed by atoms with Gasteiger partial charge in [0.2, 0.25) is 0 Å². The molecule has 3 heteroatoms. The van der Waals surface area contributed by atoms with E-state index in [1.54, 1.807) is 6.20 Å². The number of aliphatic hydroxyl groups is 1. The highest BCUT2D eigenvalue weighted by Gasteiger charge is 2.42. The maximum Gasteiger partial charge on any atom is 0.147 e. The Bertz CT molecular complexity index is 540. The highest BCUT2D eigenvalue weighted by Crippen LogP contribution is 2.46. The molecule has 2 N–H and O–H groups in total. The van der Waals surface area contributed by atoms with Gasteiger partial charge in [-0.05, 0) is 43.0 Å². The monoisotopic (exact) mass is 205 g/mol. The summed E-state index contributed by atoms with van der Waals surface area (Å²) in [6.45, 7) is 1.93. The van der Waals surface area contributed by atoms with Crippen molar-refractivity contribution in [1.82, 2.24) is 4.98 Å². The van der Waals surface area contributed by atoms with Crippen molar-refractivity contribution >= 4 is 10.9 Å². The van der Waals surface area contributed by atoms with Crippen molar-refractivity contribution in [2.75, 3.05) is 0 Å². The first-order valence-electron chi connectivity index (χ1n) is 5.10. The molecule has 0 aliphatic heterocycles. The van der Waals surface area contributed by atoms with Gasteiger partial charge in [0.05, 0.1) is 11.1 Å². The number of nitrogens with one attached hydrogen (secondary N) is 1. The normalized spacial score (nSPS) is 18.3. The lowest BCUT2D eigenvalue weighted by molar-refractivity contribution is 0.151. The quantitative estimate of drug-likeness (QED) is 0.737. The van der Waals surface area contributed by atoms with Crippen LogP contribution in [-0.4, -0.2) is 10.1 Å². The van der Waals surface area contributed by atoms with Gasteiger partial charge in [0.15, 0.2) is 0 Å². The Kier molecular flexibility index (Phi) is 1.55. The predicted octanol–water partition coefficient (Wildman–Crippen LogP) is 2.60. The minimum Gasteiger partial charge on any atom is -0.385 e.